The first-order valence-electron chi connectivity index (χ1n) is 5.43. The van der Waals surface area contributed by atoms with Gasteiger partial charge in [0, 0.05) is 18.8 Å². The molecule has 0 radical (unpaired) electrons. The van der Waals surface area contributed by atoms with Crippen LogP contribution in [0.25, 0.3) is 0 Å². The second-order valence-electron chi connectivity index (χ2n) is 3.52. The first-order valence-corrected chi connectivity index (χ1v) is 5.43. The van der Waals surface area contributed by atoms with Crippen LogP contribution in [0.3, 0.4) is 0 Å². The molecule has 2 aromatic heterocycles. The molecule has 0 spiro atoms. The summed E-state index contributed by atoms with van der Waals surface area (Å²) in [7, 11) is 1.52. The molecule has 100 valence electrons. The number of aromatic nitrogens is 5. The van der Waals surface area contributed by atoms with Crippen molar-refractivity contribution in [3.8, 4) is 5.88 Å². The van der Waals surface area contributed by atoms with Crippen LogP contribution < -0.4 is 10.1 Å². The van der Waals surface area contributed by atoms with Gasteiger partial charge in [-0.1, -0.05) is 5.21 Å². The maximum Gasteiger partial charge on any atom is 0.358 e. The topological polar surface area (TPSA) is 115 Å². The quantitative estimate of drug-likeness (QED) is 0.742. The first kappa shape index (κ1) is 12.7. The number of carboxylic acids is 1. The lowest BCUT2D eigenvalue weighted by molar-refractivity contribution is 0.0690. The lowest BCUT2D eigenvalue weighted by Crippen LogP contribution is -2.13. The van der Waals surface area contributed by atoms with Gasteiger partial charge in [-0.25, -0.2) is 14.5 Å². The van der Waals surface area contributed by atoms with Crippen LogP contribution in [0.1, 0.15) is 10.5 Å². The highest BCUT2D eigenvalue weighted by Crippen LogP contribution is 2.06. The Balaban J connectivity index is 1.86. The molecule has 0 unspecified atom stereocenters. The molecule has 0 aliphatic heterocycles. The van der Waals surface area contributed by atoms with E-state index in [9.17, 15) is 4.79 Å². The molecule has 2 aromatic rings. The lowest BCUT2D eigenvalue weighted by Gasteiger charge is -2.05. The minimum atomic E-state index is -1.10. The van der Waals surface area contributed by atoms with Gasteiger partial charge in [0.1, 0.15) is 0 Å². The van der Waals surface area contributed by atoms with Gasteiger partial charge in [-0.3, -0.25) is 0 Å². The monoisotopic (exact) mass is 264 g/mol. The number of hydrogen-bond acceptors (Lipinski definition) is 7. The highest BCUT2D eigenvalue weighted by molar-refractivity contribution is 5.84. The van der Waals surface area contributed by atoms with E-state index < -0.39 is 5.97 Å². The van der Waals surface area contributed by atoms with E-state index in [1.165, 1.54) is 18.0 Å². The van der Waals surface area contributed by atoms with Gasteiger partial charge in [0.2, 0.25) is 11.8 Å². The number of anilines is 1. The molecule has 2 rings (SSSR count). The van der Waals surface area contributed by atoms with Gasteiger partial charge in [-0.2, -0.15) is 4.98 Å². The first-order chi connectivity index (χ1) is 9.19. The zero-order valence-electron chi connectivity index (χ0n) is 10.1. The van der Waals surface area contributed by atoms with Crippen molar-refractivity contribution in [1.82, 2.24) is 25.0 Å². The molecule has 0 atom stereocenters. The van der Waals surface area contributed by atoms with Crippen LogP contribution >= 0.6 is 0 Å². The molecule has 9 nitrogen and oxygen atoms in total. The molecule has 0 bridgehead atoms. The number of carbonyl (C=O) groups is 1. The Bertz CT molecular complexity index is 570. The van der Waals surface area contributed by atoms with Crippen molar-refractivity contribution in [3.63, 3.8) is 0 Å². The largest absolute Gasteiger partial charge is 0.481 e. The van der Waals surface area contributed by atoms with E-state index in [2.05, 4.69) is 25.6 Å². The standard InChI is InChI=1S/C10H12N6O3/c1-19-8-2-3-11-10(13-8)12-4-5-16-6-7(9(17)18)14-15-16/h2-3,6H,4-5H2,1H3,(H,17,18)(H,11,12,13). The summed E-state index contributed by atoms with van der Waals surface area (Å²) in [5.74, 6) is -0.209. The van der Waals surface area contributed by atoms with Crippen LogP contribution in [0.5, 0.6) is 5.88 Å². The van der Waals surface area contributed by atoms with Gasteiger partial charge in [-0.15, -0.1) is 5.10 Å². The van der Waals surface area contributed by atoms with Crippen LogP contribution in [0, 0.1) is 0 Å². The molecule has 0 aliphatic carbocycles. The molecular weight excluding hydrogens is 252 g/mol. The third kappa shape index (κ3) is 3.37. The van der Waals surface area contributed by atoms with E-state index in [-0.39, 0.29) is 5.69 Å². The molecule has 0 saturated heterocycles. The number of hydrogen-bond donors (Lipinski definition) is 2. The van der Waals surface area contributed by atoms with Crippen molar-refractivity contribution in [1.29, 1.82) is 0 Å². The number of ether oxygens (including phenoxy) is 1. The van der Waals surface area contributed by atoms with Crippen LogP contribution in [-0.2, 0) is 6.54 Å². The van der Waals surface area contributed by atoms with Crippen molar-refractivity contribution in [2.75, 3.05) is 19.0 Å². The van der Waals surface area contributed by atoms with Crippen LogP contribution in [0.2, 0.25) is 0 Å². The third-order valence-corrected chi connectivity index (χ3v) is 2.22. The maximum atomic E-state index is 10.6. The molecule has 0 amide bonds. The van der Waals surface area contributed by atoms with Crippen molar-refractivity contribution < 1.29 is 14.6 Å². The Morgan fingerprint density at radius 3 is 3.11 bits per heavy atom. The number of rotatable bonds is 6. The van der Waals surface area contributed by atoms with Gasteiger partial charge in [0.15, 0.2) is 5.69 Å². The summed E-state index contributed by atoms with van der Waals surface area (Å²) in [6.45, 7) is 0.927. The molecule has 2 N–H and O–H groups in total. The summed E-state index contributed by atoms with van der Waals surface area (Å²) in [5, 5.41) is 18.8. The normalized spacial score (nSPS) is 10.2. The van der Waals surface area contributed by atoms with Crippen LogP contribution in [0.15, 0.2) is 18.5 Å². The molecule has 0 aliphatic rings. The molecule has 9 heteroatoms. The summed E-state index contributed by atoms with van der Waals surface area (Å²) >= 11 is 0. The SMILES string of the molecule is COc1ccnc(NCCn2cc(C(=O)O)nn2)n1. The summed E-state index contributed by atoms with van der Waals surface area (Å²) < 4.78 is 6.39. The molecule has 19 heavy (non-hydrogen) atoms. The van der Waals surface area contributed by atoms with Crippen molar-refractivity contribution in [3.05, 3.63) is 24.2 Å². The Kier molecular flexibility index (Phi) is 3.86. The highest BCUT2D eigenvalue weighted by atomic mass is 16.5. The van der Waals surface area contributed by atoms with Crippen LogP contribution in [0.4, 0.5) is 5.95 Å². The number of methoxy groups -OCH3 is 1. The van der Waals surface area contributed by atoms with Gasteiger partial charge in [-0.05, 0) is 0 Å². The van der Waals surface area contributed by atoms with Gasteiger partial charge in [0.25, 0.3) is 0 Å². The fourth-order valence-electron chi connectivity index (χ4n) is 1.33. The summed E-state index contributed by atoms with van der Waals surface area (Å²) in [5.41, 5.74) is -0.0855. The smallest absolute Gasteiger partial charge is 0.358 e. The second kappa shape index (κ2) is 5.76. The zero-order chi connectivity index (χ0) is 13.7. The van der Waals surface area contributed by atoms with Gasteiger partial charge < -0.3 is 15.2 Å². The highest BCUT2D eigenvalue weighted by Gasteiger charge is 2.07. The minimum Gasteiger partial charge on any atom is -0.481 e. The number of carboxylic acid groups (broad SMARTS) is 1. The van der Waals surface area contributed by atoms with E-state index in [0.29, 0.717) is 24.9 Å². The Labute approximate surface area is 108 Å². The summed E-state index contributed by atoms with van der Waals surface area (Å²) in [6.07, 6.45) is 2.93. The fourth-order valence-corrected chi connectivity index (χ4v) is 1.33. The Morgan fingerprint density at radius 1 is 1.58 bits per heavy atom. The summed E-state index contributed by atoms with van der Waals surface area (Å²) in [6, 6.07) is 1.64. The number of aromatic carboxylic acids is 1. The van der Waals surface area contributed by atoms with Crippen molar-refractivity contribution in [2.45, 2.75) is 6.54 Å². The van der Waals surface area contributed by atoms with Gasteiger partial charge in [0.05, 0.1) is 19.9 Å². The van der Waals surface area contributed by atoms with Crippen molar-refractivity contribution in [2.24, 2.45) is 0 Å². The van der Waals surface area contributed by atoms with E-state index in [1.54, 1.807) is 12.3 Å². The predicted molar refractivity (Wildman–Crippen MR) is 64.1 cm³/mol. The minimum absolute atomic E-state index is 0.0855. The summed E-state index contributed by atoms with van der Waals surface area (Å²) in [4.78, 5) is 18.7. The number of nitrogens with one attached hydrogen (secondary N) is 1. The predicted octanol–water partition coefficient (Wildman–Crippen LogP) is -0.113. The molecular formula is C10H12N6O3. The molecule has 0 saturated carbocycles. The van der Waals surface area contributed by atoms with Gasteiger partial charge >= 0.3 is 5.97 Å². The third-order valence-electron chi connectivity index (χ3n) is 2.22. The van der Waals surface area contributed by atoms with Crippen molar-refractivity contribution >= 4 is 11.9 Å². The molecule has 0 aromatic carbocycles. The average molecular weight is 264 g/mol. The maximum absolute atomic E-state index is 10.6. The average Bonchev–Trinajstić information content (AvgIpc) is 2.88. The van der Waals surface area contributed by atoms with Crippen LogP contribution in [-0.4, -0.2) is 49.7 Å². The van der Waals surface area contributed by atoms with E-state index in [4.69, 9.17) is 9.84 Å². The lowest BCUT2D eigenvalue weighted by atomic mass is 10.5. The number of nitrogens with zero attached hydrogens (tertiary/aromatic N) is 5. The Morgan fingerprint density at radius 2 is 2.42 bits per heavy atom. The fraction of sp³-hybridized carbons (Fsp3) is 0.300. The molecule has 0 fully saturated rings. The van der Waals surface area contributed by atoms with E-state index in [0.717, 1.165) is 0 Å². The zero-order valence-corrected chi connectivity index (χ0v) is 10.1. The van der Waals surface area contributed by atoms with E-state index >= 15 is 0 Å². The second-order valence-corrected chi connectivity index (χ2v) is 3.52. The Hall–Kier alpha value is -2.71. The molecule has 2 heterocycles. The van der Waals surface area contributed by atoms with E-state index in [1.807, 2.05) is 0 Å².